The lowest BCUT2D eigenvalue weighted by Gasteiger charge is -2.35. The van der Waals surface area contributed by atoms with Crippen LogP contribution in [0.4, 0.5) is 0 Å². The fourth-order valence-electron chi connectivity index (χ4n) is 3.26. The van der Waals surface area contributed by atoms with Crippen molar-refractivity contribution in [1.29, 1.82) is 5.26 Å². The maximum atomic E-state index is 12.8. The lowest BCUT2D eigenvalue weighted by Crippen LogP contribution is -2.52. The molecule has 1 aliphatic carbocycles. The molecular formula is C20H19N3O3S. The van der Waals surface area contributed by atoms with E-state index in [4.69, 9.17) is 9.15 Å². The van der Waals surface area contributed by atoms with E-state index in [1.807, 2.05) is 19.1 Å². The summed E-state index contributed by atoms with van der Waals surface area (Å²) in [6.45, 7) is 4.14. The third-order valence-electron chi connectivity index (χ3n) is 5.05. The van der Waals surface area contributed by atoms with E-state index in [-0.39, 0.29) is 5.91 Å². The molecule has 1 N–H and O–H groups in total. The zero-order valence-corrected chi connectivity index (χ0v) is 16.0. The predicted molar refractivity (Wildman–Crippen MR) is 102 cm³/mol. The molecule has 0 atom stereocenters. The molecule has 0 aliphatic heterocycles. The second-order valence-electron chi connectivity index (χ2n) is 6.84. The normalized spacial score (nSPS) is 15.1. The molecule has 6 nitrogen and oxygen atoms in total. The molecule has 2 aromatic heterocycles. The van der Waals surface area contributed by atoms with Crippen molar-refractivity contribution >= 4 is 28.2 Å². The molecule has 4 rings (SSSR count). The third kappa shape index (κ3) is 3.17. The number of aromatic nitrogens is 1. The monoisotopic (exact) mass is 381 g/mol. The Kier molecular flexibility index (Phi) is 4.36. The Morgan fingerprint density at radius 1 is 1.44 bits per heavy atom. The fraction of sp³-hybridized carbons (Fsp3) is 0.350. The molecule has 0 saturated heterocycles. The zero-order valence-electron chi connectivity index (χ0n) is 15.2. The van der Waals surface area contributed by atoms with E-state index in [9.17, 15) is 10.1 Å². The number of hydrogen-bond donors (Lipinski definition) is 1. The molecule has 27 heavy (non-hydrogen) atoms. The van der Waals surface area contributed by atoms with Gasteiger partial charge in [0.05, 0.1) is 27.7 Å². The van der Waals surface area contributed by atoms with Gasteiger partial charge in [-0.1, -0.05) is 0 Å². The number of fused-ring (bicyclic) bond motifs is 1. The Hall–Kier alpha value is -2.85. The highest BCUT2D eigenvalue weighted by molar-refractivity contribution is 7.09. The number of carbonyl (C=O) groups is 1. The van der Waals surface area contributed by atoms with Gasteiger partial charge in [0.1, 0.15) is 29.2 Å². The minimum atomic E-state index is -0.745. The summed E-state index contributed by atoms with van der Waals surface area (Å²) in [5.74, 6) is 0.914. The molecule has 0 unspecified atom stereocenters. The fourth-order valence-corrected chi connectivity index (χ4v) is 3.95. The summed E-state index contributed by atoms with van der Waals surface area (Å²) in [5, 5.41) is 13.0. The number of aryl methyl sites for hydroxylation is 2. The van der Waals surface area contributed by atoms with Crippen LogP contribution in [0, 0.1) is 25.2 Å². The van der Waals surface area contributed by atoms with E-state index >= 15 is 0 Å². The van der Waals surface area contributed by atoms with Crippen molar-refractivity contribution < 1.29 is 13.9 Å². The zero-order chi connectivity index (χ0) is 19.0. The maximum absolute atomic E-state index is 12.8. The lowest BCUT2D eigenvalue weighted by molar-refractivity contribution is 0.0881. The first-order valence-corrected chi connectivity index (χ1v) is 9.68. The van der Waals surface area contributed by atoms with Gasteiger partial charge in [-0.05, 0) is 51.3 Å². The Bertz CT molecular complexity index is 1060. The molecule has 0 radical (unpaired) electrons. The van der Waals surface area contributed by atoms with Crippen molar-refractivity contribution in [2.45, 2.75) is 45.3 Å². The van der Waals surface area contributed by atoms with Gasteiger partial charge in [0.2, 0.25) is 0 Å². The Balaban J connectivity index is 1.61. The molecule has 1 saturated carbocycles. The van der Waals surface area contributed by atoms with Crippen LogP contribution in [-0.4, -0.2) is 16.4 Å². The number of carbonyl (C=O) groups excluding carboxylic acids is 1. The minimum absolute atomic E-state index is 0.275. The van der Waals surface area contributed by atoms with E-state index in [1.165, 1.54) is 0 Å². The van der Waals surface area contributed by atoms with Crippen molar-refractivity contribution in [3.63, 3.8) is 0 Å². The van der Waals surface area contributed by atoms with Crippen molar-refractivity contribution in [3.05, 3.63) is 45.6 Å². The summed E-state index contributed by atoms with van der Waals surface area (Å²) < 4.78 is 11.6. The number of thiazole rings is 1. The number of ether oxygens (including phenoxy) is 1. The summed E-state index contributed by atoms with van der Waals surface area (Å²) in [6, 6.07) is 7.68. The highest BCUT2D eigenvalue weighted by atomic mass is 32.1. The molecule has 2 heterocycles. The van der Waals surface area contributed by atoms with Crippen LogP contribution in [0.2, 0.25) is 0 Å². The van der Waals surface area contributed by atoms with Crippen molar-refractivity contribution in [1.82, 2.24) is 10.3 Å². The van der Waals surface area contributed by atoms with Crippen LogP contribution in [0.1, 0.15) is 46.0 Å². The molecule has 138 valence electrons. The molecule has 1 aliphatic rings. The van der Waals surface area contributed by atoms with Crippen LogP contribution in [-0.2, 0) is 6.61 Å². The van der Waals surface area contributed by atoms with E-state index < -0.39 is 5.54 Å². The maximum Gasteiger partial charge on any atom is 0.256 e. The highest BCUT2D eigenvalue weighted by Crippen LogP contribution is 2.34. The van der Waals surface area contributed by atoms with Gasteiger partial charge in [-0.25, -0.2) is 4.98 Å². The van der Waals surface area contributed by atoms with Gasteiger partial charge >= 0.3 is 0 Å². The van der Waals surface area contributed by atoms with Crippen molar-refractivity contribution in [2.24, 2.45) is 0 Å². The van der Waals surface area contributed by atoms with Crippen LogP contribution >= 0.6 is 11.3 Å². The number of furan rings is 1. The van der Waals surface area contributed by atoms with Crippen LogP contribution in [0.3, 0.4) is 0 Å². The number of nitrogens with one attached hydrogen (secondary N) is 1. The second kappa shape index (κ2) is 6.71. The van der Waals surface area contributed by atoms with Gasteiger partial charge < -0.3 is 14.5 Å². The summed E-state index contributed by atoms with van der Waals surface area (Å²) in [4.78, 5) is 18.1. The third-order valence-corrected chi connectivity index (χ3v) is 5.96. The summed E-state index contributed by atoms with van der Waals surface area (Å²) >= 11 is 1.55. The van der Waals surface area contributed by atoms with E-state index in [1.54, 1.807) is 29.8 Å². The topological polar surface area (TPSA) is 88.2 Å². The van der Waals surface area contributed by atoms with Gasteiger partial charge in [0.25, 0.3) is 5.91 Å². The average molecular weight is 381 g/mol. The number of benzene rings is 1. The minimum Gasteiger partial charge on any atom is -0.488 e. The Morgan fingerprint density at radius 2 is 2.26 bits per heavy atom. The standard InChI is InChI=1S/C20H19N3O3S/c1-12-17(27-11-22-12)9-25-14-4-5-16-15(8-14)18(13(2)26-16)19(24)23-20(10-21)6-3-7-20/h4-5,8,11H,3,6-7,9H2,1-2H3,(H,23,24). The molecule has 0 bridgehead atoms. The second-order valence-corrected chi connectivity index (χ2v) is 7.78. The molecule has 1 aromatic carbocycles. The van der Waals surface area contributed by atoms with Crippen LogP contribution < -0.4 is 10.1 Å². The molecule has 3 aromatic rings. The largest absolute Gasteiger partial charge is 0.488 e. The van der Waals surface area contributed by atoms with Gasteiger partial charge in [0.15, 0.2) is 0 Å². The van der Waals surface area contributed by atoms with Crippen LogP contribution in [0.15, 0.2) is 28.1 Å². The van der Waals surface area contributed by atoms with E-state index in [2.05, 4.69) is 16.4 Å². The van der Waals surface area contributed by atoms with Gasteiger partial charge in [0, 0.05) is 5.39 Å². The number of nitrogens with zero attached hydrogens (tertiary/aromatic N) is 2. The van der Waals surface area contributed by atoms with Crippen molar-refractivity contribution in [2.75, 3.05) is 0 Å². The van der Waals surface area contributed by atoms with Crippen LogP contribution in [0.25, 0.3) is 11.0 Å². The number of hydrogen-bond acceptors (Lipinski definition) is 6. The number of amides is 1. The van der Waals surface area contributed by atoms with Gasteiger partial charge in [-0.15, -0.1) is 11.3 Å². The molecular weight excluding hydrogens is 362 g/mol. The van der Waals surface area contributed by atoms with Gasteiger partial charge in [-0.2, -0.15) is 5.26 Å². The van der Waals surface area contributed by atoms with Crippen molar-refractivity contribution in [3.8, 4) is 11.8 Å². The predicted octanol–water partition coefficient (Wildman–Crippen LogP) is 4.26. The van der Waals surface area contributed by atoms with Crippen LogP contribution in [0.5, 0.6) is 5.75 Å². The molecule has 1 amide bonds. The molecule has 0 spiro atoms. The SMILES string of the molecule is Cc1ncsc1COc1ccc2oc(C)c(C(=O)NC3(C#N)CCC3)c2c1. The summed E-state index contributed by atoms with van der Waals surface area (Å²) in [6.07, 6.45) is 2.33. The first-order valence-electron chi connectivity index (χ1n) is 8.80. The summed E-state index contributed by atoms with van der Waals surface area (Å²) in [5.41, 5.74) is 3.10. The highest BCUT2D eigenvalue weighted by Gasteiger charge is 2.39. The molecule has 7 heteroatoms. The van der Waals surface area contributed by atoms with E-state index in [0.29, 0.717) is 47.5 Å². The first kappa shape index (κ1) is 17.6. The van der Waals surface area contributed by atoms with Gasteiger partial charge in [-0.3, -0.25) is 4.79 Å². The van der Waals surface area contributed by atoms with E-state index in [0.717, 1.165) is 17.0 Å². The lowest BCUT2D eigenvalue weighted by atomic mass is 9.78. The average Bonchev–Trinajstić information content (AvgIpc) is 3.17. The number of nitriles is 1. The quantitative estimate of drug-likeness (QED) is 0.713. The number of rotatable bonds is 5. The Morgan fingerprint density at radius 3 is 2.89 bits per heavy atom. The first-order chi connectivity index (χ1) is 13.0. The smallest absolute Gasteiger partial charge is 0.256 e. The summed E-state index contributed by atoms with van der Waals surface area (Å²) in [7, 11) is 0. The molecule has 1 fully saturated rings. The Labute approximate surface area is 160 Å².